The lowest BCUT2D eigenvalue weighted by Gasteiger charge is -2.43. The highest BCUT2D eigenvalue weighted by Crippen LogP contribution is 2.30. The van der Waals surface area contributed by atoms with E-state index in [1.807, 2.05) is 0 Å². The molecule has 7 heteroatoms. The first kappa shape index (κ1) is 18.8. The summed E-state index contributed by atoms with van der Waals surface area (Å²) in [4.78, 5) is 11.5. The van der Waals surface area contributed by atoms with Gasteiger partial charge in [-0.2, -0.15) is 0 Å². The summed E-state index contributed by atoms with van der Waals surface area (Å²) in [5, 5.41) is 28.7. The standard InChI is InChI=1S/C9H20O5Si.HI/c1-5(10)6(11)8(2,13)9(3,14-4)7(12)15;/h5-6,10-11,13H,1-4,15H3;1H. The van der Waals surface area contributed by atoms with Crippen LogP contribution in [-0.4, -0.2) is 61.5 Å². The van der Waals surface area contributed by atoms with Gasteiger partial charge in [-0.3, -0.25) is 0 Å². The second kappa shape index (κ2) is 6.41. The molecular weight excluding hydrogens is 343 g/mol. The Kier molecular flexibility index (Phi) is 7.53. The van der Waals surface area contributed by atoms with Crippen LogP contribution in [0.25, 0.3) is 0 Å². The Labute approximate surface area is 116 Å². The second-order valence-electron chi connectivity index (χ2n) is 4.13. The fourth-order valence-electron chi connectivity index (χ4n) is 1.46. The van der Waals surface area contributed by atoms with Gasteiger partial charge in [0.2, 0.25) is 0 Å². The molecule has 0 heterocycles. The van der Waals surface area contributed by atoms with Crippen LogP contribution in [0.1, 0.15) is 20.8 Å². The van der Waals surface area contributed by atoms with Crippen molar-refractivity contribution in [2.24, 2.45) is 0 Å². The molecule has 0 aliphatic carbocycles. The molecule has 0 fully saturated rings. The maximum Gasteiger partial charge on any atom is 0.148 e. The maximum absolute atomic E-state index is 11.5. The molecule has 0 spiro atoms. The van der Waals surface area contributed by atoms with Crippen molar-refractivity contribution in [3.8, 4) is 0 Å². The van der Waals surface area contributed by atoms with E-state index in [2.05, 4.69) is 0 Å². The third-order valence-electron chi connectivity index (χ3n) is 3.08. The molecular formula is C9H21IO5Si. The largest absolute Gasteiger partial charge is 0.391 e. The number of halogens is 1. The van der Waals surface area contributed by atoms with Crippen molar-refractivity contribution in [3.63, 3.8) is 0 Å². The van der Waals surface area contributed by atoms with Gasteiger partial charge in [0.15, 0.2) is 0 Å². The summed E-state index contributed by atoms with van der Waals surface area (Å²) in [5.74, 6) is 0. The predicted octanol–water partition coefficient (Wildman–Crippen LogP) is -1.61. The van der Waals surface area contributed by atoms with E-state index in [1.165, 1.54) is 27.9 Å². The summed E-state index contributed by atoms with van der Waals surface area (Å²) >= 11 is 0. The number of carbonyl (C=O) groups is 1. The molecule has 0 bridgehead atoms. The van der Waals surface area contributed by atoms with E-state index in [9.17, 15) is 20.1 Å². The molecule has 0 aliphatic heterocycles. The monoisotopic (exact) mass is 364 g/mol. The summed E-state index contributed by atoms with van der Waals surface area (Å²) in [6.07, 6.45) is -2.59. The van der Waals surface area contributed by atoms with Crippen molar-refractivity contribution >= 4 is 39.6 Å². The Hall–Kier alpha value is 0.457. The van der Waals surface area contributed by atoms with Gasteiger partial charge in [0, 0.05) is 7.11 Å². The number of carbonyl (C=O) groups excluding carboxylic acids is 1. The van der Waals surface area contributed by atoms with E-state index >= 15 is 0 Å². The van der Waals surface area contributed by atoms with Crippen LogP contribution in [0.15, 0.2) is 0 Å². The molecule has 0 rings (SSSR count). The topological polar surface area (TPSA) is 87.0 Å². The quantitative estimate of drug-likeness (QED) is 0.404. The predicted molar refractivity (Wildman–Crippen MR) is 74.1 cm³/mol. The van der Waals surface area contributed by atoms with E-state index in [-0.39, 0.29) is 39.6 Å². The van der Waals surface area contributed by atoms with Crippen molar-refractivity contribution in [2.75, 3.05) is 7.11 Å². The number of aliphatic hydroxyl groups excluding tert-OH is 2. The Bertz CT molecular complexity index is 246. The van der Waals surface area contributed by atoms with E-state index < -0.39 is 23.4 Å². The molecule has 0 aromatic rings. The van der Waals surface area contributed by atoms with Crippen LogP contribution >= 0.6 is 24.0 Å². The van der Waals surface area contributed by atoms with Crippen LogP contribution in [0.2, 0.25) is 0 Å². The zero-order valence-electron chi connectivity index (χ0n) is 10.2. The third-order valence-corrected chi connectivity index (χ3v) is 4.03. The number of hydrogen-bond donors (Lipinski definition) is 3. The number of ether oxygens (including phenoxy) is 1. The van der Waals surface area contributed by atoms with Crippen LogP contribution in [-0.2, 0) is 9.53 Å². The van der Waals surface area contributed by atoms with E-state index in [1.54, 1.807) is 0 Å². The summed E-state index contributed by atoms with van der Waals surface area (Å²) < 4.78 is 5.00. The van der Waals surface area contributed by atoms with Crippen LogP contribution < -0.4 is 0 Å². The van der Waals surface area contributed by atoms with Gasteiger partial charge < -0.3 is 24.9 Å². The maximum atomic E-state index is 11.5. The van der Waals surface area contributed by atoms with Crippen LogP contribution in [0.4, 0.5) is 0 Å². The molecule has 5 nitrogen and oxygen atoms in total. The Morgan fingerprint density at radius 3 is 1.94 bits per heavy atom. The first-order chi connectivity index (χ1) is 6.61. The molecule has 3 N–H and O–H groups in total. The number of methoxy groups -OCH3 is 1. The minimum Gasteiger partial charge on any atom is -0.391 e. The minimum absolute atomic E-state index is 0. The first-order valence-electron chi connectivity index (χ1n) is 4.76. The van der Waals surface area contributed by atoms with Crippen molar-refractivity contribution in [3.05, 3.63) is 0 Å². The smallest absolute Gasteiger partial charge is 0.148 e. The highest BCUT2D eigenvalue weighted by Gasteiger charge is 2.53. The fraction of sp³-hybridized carbons (Fsp3) is 0.889. The number of rotatable bonds is 5. The van der Waals surface area contributed by atoms with Crippen molar-refractivity contribution < 1.29 is 24.9 Å². The van der Waals surface area contributed by atoms with Gasteiger partial charge in [0.25, 0.3) is 0 Å². The molecule has 0 aliphatic rings. The molecule has 0 saturated carbocycles. The molecule has 0 radical (unpaired) electrons. The van der Waals surface area contributed by atoms with E-state index in [4.69, 9.17) is 4.74 Å². The van der Waals surface area contributed by atoms with Gasteiger partial charge in [-0.1, -0.05) is 0 Å². The van der Waals surface area contributed by atoms with Gasteiger partial charge in [0.1, 0.15) is 22.7 Å². The number of aliphatic hydroxyl groups is 3. The molecule has 0 saturated heterocycles. The lowest BCUT2D eigenvalue weighted by Crippen LogP contribution is -2.65. The van der Waals surface area contributed by atoms with Crippen LogP contribution in [0, 0.1) is 0 Å². The Balaban J connectivity index is 0. The lowest BCUT2D eigenvalue weighted by molar-refractivity contribution is -0.209. The highest BCUT2D eigenvalue weighted by molar-refractivity contribution is 14.0. The highest BCUT2D eigenvalue weighted by atomic mass is 127. The van der Waals surface area contributed by atoms with Gasteiger partial charge in [-0.15, -0.1) is 24.0 Å². The zero-order valence-corrected chi connectivity index (χ0v) is 14.6. The SMILES string of the molecule is COC(C)(C(=O)[SiH3])C(C)(O)C(O)C(C)O.I. The fourth-order valence-corrected chi connectivity index (χ4v) is 2.17. The normalized spacial score (nSPS) is 22.4. The first-order valence-corrected chi connectivity index (χ1v) is 5.76. The zero-order chi connectivity index (χ0) is 12.4. The Morgan fingerprint density at radius 1 is 1.38 bits per heavy atom. The third kappa shape index (κ3) is 3.23. The molecule has 16 heavy (non-hydrogen) atoms. The molecule has 4 unspecified atom stereocenters. The lowest BCUT2D eigenvalue weighted by atomic mass is 9.80. The summed E-state index contributed by atoms with van der Waals surface area (Å²) in [5.41, 5.74) is -3.32. The number of hydrogen-bond acceptors (Lipinski definition) is 5. The molecule has 0 aromatic heterocycles. The van der Waals surface area contributed by atoms with Crippen LogP contribution in [0.5, 0.6) is 0 Å². The molecule has 0 aromatic carbocycles. The van der Waals surface area contributed by atoms with Gasteiger partial charge in [-0.25, -0.2) is 0 Å². The van der Waals surface area contributed by atoms with Gasteiger partial charge >= 0.3 is 0 Å². The molecule has 0 amide bonds. The van der Waals surface area contributed by atoms with Gasteiger partial charge in [-0.05, 0) is 20.8 Å². The van der Waals surface area contributed by atoms with E-state index in [0.29, 0.717) is 0 Å². The average Bonchev–Trinajstić information content (AvgIpc) is 2.14. The average molecular weight is 364 g/mol. The summed E-state index contributed by atoms with van der Waals surface area (Å²) in [6, 6.07) is 0. The second-order valence-corrected chi connectivity index (χ2v) is 5.03. The molecule has 98 valence electrons. The minimum atomic E-state index is -1.82. The van der Waals surface area contributed by atoms with Crippen molar-refractivity contribution in [1.29, 1.82) is 0 Å². The summed E-state index contributed by atoms with van der Waals surface area (Å²) in [6.45, 7) is 4.03. The van der Waals surface area contributed by atoms with Crippen LogP contribution in [0.3, 0.4) is 0 Å². The van der Waals surface area contributed by atoms with Gasteiger partial charge in [0.05, 0.1) is 16.3 Å². The summed E-state index contributed by atoms with van der Waals surface area (Å²) in [7, 11) is 1.48. The van der Waals surface area contributed by atoms with Crippen molar-refractivity contribution in [1.82, 2.24) is 0 Å². The Morgan fingerprint density at radius 2 is 1.75 bits per heavy atom. The molecule has 4 atom stereocenters. The van der Waals surface area contributed by atoms with Crippen molar-refractivity contribution in [2.45, 2.75) is 44.2 Å². The van der Waals surface area contributed by atoms with E-state index in [0.717, 1.165) is 0 Å².